The van der Waals surface area contributed by atoms with Gasteiger partial charge in [0.25, 0.3) is 0 Å². The first-order valence-electron chi connectivity index (χ1n) is 7.60. The third-order valence-electron chi connectivity index (χ3n) is 4.90. The van der Waals surface area contributed by atoms with Gasteiger partial charge in [-0.2, -0.15) is 0 Å². The summed E-state index contributed by atoms with van der Waals surface area (Å²) in [6.45, 7) is 1.01. The zero-order valence-electron chi connectivity index (χ0n) is 12.2. The van der Waals surface area contributed by atoms with Crippen LogP contribution in [0.25, 0.3) is 0 Å². The Morgan fingerprint density at radius 1 is 1.18 bits per heavy atom. The minimum absolute atomic E-state index is 0.0254. The number of rotatable bonds is 3. The lowest BCUT2D eigenvalue weighted by Crippen LogP contribution is -2.38. The molecule has 0 radical (unpaired) electrons. The number of imide groups is 1. The van der Waals surface area contributed by atoms with Crippen LogP contribution in [0.4, 0.5) is 0 Å². The van der Waals surface area contributed by atoms with Crippen LogP contribution < -0.4 is 0 Å². The quantitative estimate of drug-likeness (QED) is 0.807. The molecule has 0 bridgehead atoms. The molecule has 1 spiro atoms. The van der Waals surface area contributed by atoms with Gasteiger partial charge in [0.05, 0.1) is 11.7 Å². The smallest absolute Gasteiger partial charge is 0.240 e. The molecule has 112 valence electrons. The molecular weight excluding hydrogens is 278 g/mol. The summed E-state index contributed by atoms with van der Waals surface area (Å²) < 4.78 is 1.88. The van der Waals surface area contributed by atoms with Crippen molar-refractivity contribution in [2.45, 2.75) is 31.2 Å². The molecule has 22 heavy (non-hydrogen) atoms. The Morgan fingerprint density at radius 2 is 2.05 bits per heavy atom. The predicted molar refractivity (Wildman–Crippen MR) is 80.0 cm³/mol. The van der Waals surface area contributed by atoms with Crippen LogP contribution in [-0.4, -0.2) is 32.8 Å². The number of aryl methyl sites for hydroxylation is 1. The molecule has 1 aliphatic carbocycles. The van der Waals surface area contributed by atoms with Crippen molar-refractivity contribution < 1.29 is 9.59 Å². The van der Waals surface area contributed by atoms with Crippen LogP contribution in [0.3, 0.4) is 0 Å². The van der Waals surface area contributed by atoms with E-state index in [0.717, 1.165) is 18.4 Å². The lowest BCUT2D eigenvalue weighted by molar-refractivity contribution is -0.140. The maximum atomic E-state index is 12.9. The Hall–Kier alpha value is -2.43. The number of likely N-dealkylation sites (tertiary alicyclic amines) is 1. The number of benzene rings is 1. The molecule has 1 aromatic heterocycles. The normalized spacial score (nSPS) is 23.5. The molecule has 0 N–H and O–H groups in total. The average molecular weight is 295 g/mol. The first kappa shape index (κ1) is 13.2. The molecule has 2 heterocycles. The molecule has 4 rings (SSSR count). The van der Waals surface area contributed by atoms with Crippen LogP contribution in [0, 0.1) is 0 Å². The van der Waals surface area contributed by atoms with E-state index in [-0.39, 0.29) is 11.8 Å². The van der Waals surface area contributed by atoms with Crippen LogP contribution in [0.15, 0.2) is 43.0 Å². The van der Waals surface area contributed by atoms with Crippen molar-refractivity contribution in [3.63, 3.8) is 0 Å². The van der Waals surface area contributed by atoms with Crippen LogP contribution >= 0.6 is 0 Å². The van der Waals surface area contributed by atoms with Crippen molar-refractivity contribution in [1.82, 2.24) is 14.5 Å². The second kappa shape index (κ2) is 4.80. The van der Waals surface area contributed by atoms with E-state index < -0.39 is 5.41 Å². The highest BCUT2D eigenvalue weighted by Crippen LogP contribution is 2.46. The number of amides is 2. The third-order valence-corrected chi connectivity index (χ3v) is 4.90. The fraction of sp³-hybridized carbons (Fsp3) is 0.353. The Morgan fingerprint density at radius 3 is 2.86 bits per heavy atom. The Kier molecular flexibility index (Phi) is 2.89. The highest BCUT2D eigenvalue weighted by atomic mass is 16.2. The molecule has 1 fully saturated rings. The first-order chi connectivity index (χ1) is 10.7. The predicted octanol–water partition coefficient (Wildman–Crippen LogP) is 1.53. The van der Waals surface area contributed by atoms with Crippen molar-refractivity contribution in [3.8, 4) is 0 Å². The summed E-state index contributed by atoms with van der Waals surface area (Å²) >= 11 is 0. The van der Waals surface area contributed by atoms with Gasteiger partial charge in [-0.3, -0.25) is 14.5 Å². The molecule has 5 nitrogen and oxygen atoms in total. The molecule has 2 aromatic rings. The second-order valence-corrected chi connectivity index (χ2v) is 6.07. The fourth-order valence-electron chi connectivity index (χ4n) is 3.76. The zero-order chi connectivity index (χ0) is 15.2. The van der Waals surface area contributed by atoms with Gasteiger partial charge < -0.3 is 4.57 Å². The molecule has 5 heteroatoms. The average Bonchev–Trinajstić information content (AvgIpc) is 3.21. The van der Waals surface area contributed by atoms with Crippen LogP contribution in [0.2, 0.25) is 0 Å². The second-order valence-electron chi connectivity index (χ2n) is 6.07. The molecule has 1 aliphatic heterocycles. The standard InChI is InChI=1S/C17H17N3O2/c21-15-11-17(6-5-13-3-1-2-4-14(13)17)16(22)20(15)10-9-19-8-7-18-12-19/h1-4,7-8,12H,5-6,9-11H2. The number of carbonyl (C=O) groups excluding carboxylic acids is 2. The number of carbonyl (C=O) groups is 2. The Bertz CT molecular complexity index is 738. The van der Waals surface area contributed by atoms with Crippen molar-refractivity contribution in [3.05, 3.63) is 54.1 Å². The molecule has 2 aliphatic rings. The fourth-order valence-corrected chi connectivity index (χ4v) is 3.76. The van der Waals surface area contributed by atoms with Gasteiger partial charge in [0.2, 0.25) is 11.8 Å². The van der Waals surface area contributed by atoms with Crippen LogP contribution in [0.5, 0.6) is 0 Å². The molecule has 1 unspecified atom stereocenters. The van der Waals surface area contributed by atoms with Crippen LogP contribution in [0.1, 0.15) is 24.0 Å². The molecule has 1 atom stereocenters. The van der Waals surface area contributed by atoms with Gasteiger partial charge in [0, 0.05) is 31.9 Å². The van der Waals surface area contributed by atoms with E-state index in [2.05, 4.69) is 11.1 Å². The Labute approximate surface area is 128 Å². The van der Waals surface area contributed by atoms with Gasteiger partial charge in [-0.1, -0.05) is 24.3 Å². The van der Waals surface area contributed by atoms with Crippen molar-refractivity contribution in [1.29, 1.82) is 0 Å². The van der Waals surface area contributed by atoms with E-state index in [9.17, 15) is 9.59 Å². The molecular formula is C17H17N3O2. The summed E-state index contributed by atoms with van der Waals surface area (Å²) in [4.78, 5) is 30.8. The largest absolute Gasteiger partial charge is 0.336 e. The van der Waals surface area contributed by atoms with E-state index in [0.29, 0.717) is 19.5 Å². The monoisotopic (exact) mass is 295 g/mol. The summed E-state index contributed by atoms with van der Waals surface area (Å²) in [5.74, 6) is -0.0793. The zero-order valence-corrected chi connectivity index (χ0v) is 12.2. The number of hydrogen-bond acceptors (Lipinski definition) is 3. The summed E-state index contributed by atoms with van der Waals surface area (Å²) in [5, 5.41) is 0. The topological polar surface area (TPSA) is 55.2 Å². The van der Waals surface area contributed by atoms with Gasteiger partial charge in [-0.05, 0) is 24.0 Å². The van der Waals surface area contributed by atoms with Gasteiger partial charge in [0.15, 0.2) is 0 Å². The highest BCUT2D eigenvalue weighted by Gasteiger charge is 2.54. The highest BCUT2D eigenvalue weighted by molar-refractivity contribution is 6.09. The van der Waals surface area contributed by atoms with E-state index in [4.69, 9.17) is 0 Å². The summed E-state index contributed by atoms with van der Waals surface area (Å²) in [6, 6.07) is 8.02. The summed E-state index contributed by atoms with van der Waals surface area (Å²) in [7, 11) is 0. The number of imidazole rings is 1. The summed E-state index contributed by atoms with van der Waals surface area (Å²) in [5.41, 5.74) is 1.65. The van der Waals surface area contributed by atoms with Gasteiger partial charge in [0.1, 0.15) is 0 Å². The van der Waals surface area contributed by atoms with E-state index >= 15 is 0 Å². The SMILES string of the molecule is O=C1CC2(CCc3ccccc32)C(=O)N1CCn1ccnc1. The summed E-state index contributed by atoms with van der Waals surface area (Å²) in [6.07, 6.45) is 7.18. The Balaban J connectivity index is 1.60. The van der Waals surface area contributed by atoms with E-state index in [1.807, 2.05) is 29.0 Å². The number of nitrogens with zero attached hydrogens (tertiary/aromatic N) is 3. The van der Waals surface area contributed by atoms with Crippen molar-refractivity contribution in [2.75, 3.05) is 6.54 Å². The van der Waals surface area contributed by atoms with Crippen LogP contribution in [-0.2, 0) is 28.0 Å². The maximum Gasteiger partial charge on any atom is 0.240 e. The van der Waals surface area contributed by atoms with E-state index in [1.165, 1.54) is 10.5 Å². The van der Waals surface area contributed by atoms with Gasteiger partial charge in [-0.15, -0.1) is 0 Å². The minimum atomic E-state index is -0.609. The number of hydrogen-bond donors (Lipinski definition) is 0. The molecule has 0 saturated carbocycles. The number of fused-ring (bicyclic) bond motifs is 2. The van der Waals surface area contributed by atoms with Gasteiger partial charge in [-0.25, -0.2) is 4.98 Å². The molecule has 1 saturated heterocycles. The lowest BCUT2D eigenvalue weighted by Gasteiger charge is -2.22. The minimum Gasteiger partial charge on any atom is -0.336 e. The van der Waals surface area contributed by atoms with Crippen molar-refractivity contribution in [2.24, 2.45) is 0 Å². The first-order valence-corrected chi connectivity index (χ1v) is 7.60. The number of aromatic nitrogens is 2. The third kappa shape index (κ3) is 1.81. The van der Waals surface area contributed by atoms with Crippen molar-refractivity contribution >= 4 is 11.8 Å². The molecule has 2 amide bonds. The maximum absolute atomic E-state index is 12.9. The van der Waals surface area contributed by atoms with Gasteiger partial charge >= 0.3 is 0 Å². The van der Waals surface area contributed by atoms with E-state index in [1.54, 1.807) is 12.5 Å². The molecule has 1 aromatic carbocycles. The lowest BCUT2D eigenvalue weighted by atomic mass is 9.80.